The highest BCUT2D eigenvalue weighted by atomic mass is 16.5. The lowest BCUT2D eigenvalue weighted by molar-refractivity contribution is -0.138. The molecule has 0 saturated carbocycles. The Kier molecular flexibility index (Phi) is 3.00. The molecule has 8 heteroatoms. The largest absolute Gasteiger partial charge is 0.468 e. The van der Waals surface area contributed by atoms with E-state index < -0.39 is 17.2 Å². The summed E-state index contributed by atoms with van der Waals surface area (Å²) < 4.78 is 4.32. The SMILES string of the molecule is COC(=O)CNc1n[nH]c(=O)[nH]c1=O. The van der Waals surface area contributed by atoms with Crippen LogP contribution in [0.5, 0.6) is 0 Å². The molecular formula is C6H8N4O4. The fourth-order valence-electron chi connectivity index (χ4n) is 0.696. The molecule has 0 bridgehead atoms. The van der Waals surface area contributed by atoms with Gasteiger partial charge in [-0.05, 0) is 0 Å². The summed E-state index contributed by atoms with van der Waals surface area (Å²) >= 11 is 0. The number of ether oxygens (including phenoxy) is 1. The van der Waals surface area contributed by atoms with Crippen LogP contribution in [0.3, 0.4) is 0 Å². The first kappa shape index (κ1) is 9.96. The normalized spacial score (nSPS) is 9.50. The van der Waals surface area contributed by atoms with Crippen LogP contribution in [0.25, 0.3) is 0 Å². The fourth-order valence-corrected chi connectivity index (χ4v) is 0.696. The molecule has 8 nitrogen and oxygen atoms in total. The van der Waals surface area contributed by atoms with Gasteiger partial charge in [0, 0.05) is 0 Å². The van der Waals surface area contributed by atoms with E-state index in [1.165, 1.54) is 7.11 Å². The standard InChI is InChI=1S/C6H8N4O4/c1-14-3(11)2-7-4-5(12)8-6(13)10-9-4/h2H2,1H3,(H,7,9)(H2,8,10,12,13). The molecular weight excluding hydrogens is 192 g/mol. The van der Waals surface area contributed by atoms with Crippen LogP contribution >= 0.6 is 0 Å². The maximum Gasteiger partial charge on any atom is 0.342 e. The van der Waals surface area contributed by atoms with E-state index >= 15 is 0 Å². The van der Waals surface area contributed by atoms with Crippen molar-refractivity contribution in [2.75, 3.05) is 19.0 Å². The van der Waals surface area contributed by atoms with Gasteiger partial charge in [-0.1, -0.05) is 0 Å². The predicted octanol–water partition coefficient (Wildman–Crippen LogP) is -1.96. The molecule has 0 fully saturated rings. The Morgan fingerprint density at radius 1 is 1.57 bits per heavy atom. The van der Waals surface area contributed by atoms with Crippen LogP contribution in [0.15, 0.2) is 9.59 Å². The summed E-state index contributed by atoms with van der Waals surface area (Å²) in [6.45, 7) is -0.196. The van der Waals surface area contributed by atoms with Gasteiger partial charge in [-0.15, -0.1) is 5.10 Å². The number of H-pyrrole nitrogens is 2. The number of aromatic nitrogens is 3. The predicted molar refractivity (Wildman–Crippen MR) is 46.0 cm³/mol. The zero-order chi connectivity index (χ0) is 10.6. The quantitative estimate of drug-likeness (QED) is 0.488. The summed E-state index contributed by atoms with van der Waals surface area (Å²) in [4.78, 5) is 34.1. The van der Waals surface area contributed by atoms with Gasteiger partial charge in [-0.3, -0.25) is 14.6 Å². The van der Waals surface area contributed by atoms with Gasteiger partial charge in [-0.25, -0.2) is 9.89 Å². The summed E-state index contributed by atoms with van der Waals surface area (Å²) in [7, 11) is 1.22. The van der Waals surface area contributed by atoms with E-state index in [2.05, 4.69) is 15.2 Å². The van der Waals surface area contributed by atoms with E-state index in [0.717, 1.165) is 0 Å². The number of esters is 1. The average Bonchev–Trinajstić information content (AvgIpc) is 2.16. The number of rotatable bonds is 3. The van der Waals surface area contributed by atoms with Gasteiger partial charge in [-0.2, -0.15) is 0 Å². The number of methoxy groups -OCH3 is 1. The Morgan fingerprint density at radius 3 is 2.86 bits per heavy atom. The van der Waals surface area contributed by atoms with Crippen molar-refractivity contribution < 1.29 is 9.53 Å². The van der Waals surface area contributed by atoms with Gasteiger partial charge >= 0.3 is 11.7 Å². The molecule has 0 amide bonds. The van der Waals surface area contributed by atoms with Crippen molar-refractivity contribution in [3.8, 4) is 0 Å². The molecule has 0 aliphatic carbocycles. The fraction of sp³-hybridized carbons (Fsp3) is 0.333. The molecule has 1 rings (SSSR count). The second-order valence-corrected chi connectivity index (χ2v) is 2.29. The highest BCUT2D eigenvalue weighted by Gasteiger charge is 2.04. The van der Waals surface area contributed by atoms with Crippen LogP contribution in [0.2, 0.25) is 0 Å². The number of carbonyl (C=O) groups is 1. The summed E-state index contributed by atoms with van der Waals surface area (Å²) in [5.41, 5.74) is -1.41. The summed E-state index contributed by atoms with van der Waals surface area (Å²) in [6.07, 6.45) is 0. The highest BCUT2D eigenvalue weighted by molar-refractivity contribution is 5.74. The van der Waals surface area contributed by atoms with Crippen molar-refractivity contribution >= 4 is 11.8 Å². The van der Waals surface area contributed by atoms with E-state index in [1.54, 1.807) is 0 Å². The Morgan fingerprint density at radius 2 is 2.29 bits per heavy atom. The zero-order valence-corrected chi connectivity index (χ0v) is 7.29. The second kappa shape index (κ2) is 4.21. The second-order valence-electron chi connectivity index (χ2n) is 2.29. The Labute approximate surface area is 77.3 Å². The highest BCUT2D eigenvalue weighted by Crippen LogP contribution is 1.85. The average molecular weight is 200 g/mol. The van der Waals surface area contributed by atoms with Crippen LogP contribution < -0.4 is 16.6 Å². The number of carbonyl (C=O) groups excluding carboxylic acids is 1. The third kappa shape index (κ3) is 2.44. The number of anilines is 1. The summed E-state index contributed by atoms with van der Waals surface area (Å²) in [6, 6.07) is 0. The lowest BCUT2D eigenvalue weighted by Crippen LogP contribution is -2.28. The van der Waals surface area contributed by atoms with E-state index in [1.807, 2.05) is 10.1 Å². The Hall–Kier alpha value is -2.12. The molecule has 1 aromatic heterocycles. The van der Waals surface area contributed by atoms with E-state index in [-0.39, 0.29) is 12.4 Å². The molecule has 3 N–H and O–H groups in total. The molecule has 1 aromatic rings. The van der Waals surface area contributed by atoms with Crippen molar-refractivity contribution in [3.05, 3.63) is 20.8 Å². The van der Waals surface area contributed by atoms with E-state index in [0.29, 0.717) is 0 Å². The van der Waals surface area contributed by atoms with Crippen molar-refractivity contribution in [2.45, 2.75) is 0 Å². The van der Waals surface area contributed by atoms with E-state index in [9.17, 15) is 14.4 Å². The minimum absolute atomic E-state index is 0.144. The molecule has 0 radical (unpaired) electrons. The maximum atomic E-state index is 11.0. The molecule has 14 heavy (non-hydrogen) atoms. The summed E-state index contributed by atoms with van der Waals surface area (Å²) in [5, 5.41) is 7.78. The van der Waals surface area contributed by atoms with Crippen LogP contribution in [0, 0.1) is 0 Å². The maximum absolute atomic E-state index is 11.0. The van der Waals surface area contributed by atoms with Crippen molar-refractivity contribution in [1.82, 2.24) is 15.2 Å². The molecule has 0 unspecified atom stereocenters. The number of nitrogens with zero attached hydrogens (tertiary/aromatic N) is 1. The monoisotopic (exact) mass is 200 g/mol. The molecule has 1 heterocycles. The van der Waals surface area contributed by atoms with Gasteiger partial charge < -0.3 is 10.1 Å². The molecule has 0 aromatic carbocycles. The minimum atomic E-state index is -0.710. The molecule has 76 valence electrons. The lowest BCUT2D eigenvalue weighted by Gasteiger charge is -2.00. The van der Waals surface area contributed by atoms with Crippen LogP contribution in [-0.2, 0) is 9.53 Å². The lowest BCUT2D eigenvalue weighted by atomic mass is 10.6. The number of hydrogen-bond acceptors (Lipinski definition) is 6. The third-order valence-electron chi connectivity index (χ3n) is 1.34. The minimum Gasteiger partial charge on any atom is -0.468 e. The first-order chi connectivity index (χ1) is 6.63. The Balaban J connectivity index is 2.73. The molecule has 0 aliphatic heterocycles. The van der Waals surface area contributed by atoms with Crippen LogP contribution in [0.4, 0.5) is 5.82 Å². The molecule has 0 saturated heterocycles. The molecule has 0 aliphatic rings. The number of nitrogens with one attached hydrogen (secondary N) is 3. The van der Waals surface area contributed by atoms with E-state index in [4.69, 9.17) is 0 Å². The van der Waals surface area contributed by atoms with Crippen molar-refractivity contribution in [1.29, 1.82) is 0 Å². The van der Waals surface area contributed by atoms with Gasteiger partial charge in [0.15, 0.2) is 0 Å². The van der Waals surface area contributed by atoms with Gasteiger partial charge in [0.05, 0.1) is 7.11 Å². The molecule has 0 spiro atoms. The third-order valence-corrected chi connectivity index (χ3v) is 1.34. The zero-order valence-electron chi connectivity index (χ0n) is 7.29. The number of aromatic amines is 2. The first-order valence-corrected chi connectivity index (χ1v) is 3.63. The smallest absolute Gasteiger partial charge is 0.342 e. The van der Waals surface area contributed by atoms with Crippen molar-refractivity contribution in [2.24, 2.45) is 0 Å². The van der Waals surface area contributed by atoms with Crippen LogP contribution in [0.1, 0.15) is 0 Å². The summed E-state index contributed by atoms with van der Waals surface area (Å²) in [5.74, 6) is -0.688. The Bertz CT molecular complexity index is 434. The van der Waals surface area contributed by atoms with Gasteiger partial charge in [0.2, 0.25) is 5.82 Å². The number of hydrogen-bond donors (Lipinski definition) is 3. The van der Waals surface area contributed by atoms with Gasteiger partial charge in [0.1, 0.15) is 6.54 Å². The topological polar surface area (TPSA) is 117 Å². The first-order valence-electron chi connectivity index (χ1n) is 3.63. The van der Waals surface area contributed by atoms with Crippen LogP contribution in [-0.4, -0.2) is 34.8 Å². The van der Waals surface area contributed by atoms with Crippen molar-refractivity contribution in [3.63, 3.8) is 0 Å². The van der Waals surface area contributed by atoms with Gasteiger partial charge in [0.25, 0.3) is 5.56 Å². The molecule has 0 atom stereocenters.